The van der Waals surface area contributed by atoms with E-state index in [0.29, 0.717) is 11.1 Å². The number of carbonyl (C=O) groups is 2. The average Bonchev–Trinajstić information content (AvgIpc) is 2.78. The molecule has 38 heavy (non-hydrogen) atoms. The molecule has 0 fully saturated rings. The average molecular weight is 544 g/mol. The summed E-state index contributed by atoms with van der Waals surface area (Å²) in [5.74, 6) is -1.79. The van der Waals surface area contributed by atoms with Crippen molar-refractivity contribution in [3.8, 4) is 5.75 Å². The van der Waals surface area contributed by atoms with Gasteiger partial charge in [0, 0.05) is 12.5 Å². The topological polar surface area (TPSA) is 133 Å². The van der Waals surface area contributed by atoms with Crippen LogP contribution in [0, 0.1) is 5.41 Å². The van der Waals surface area contributed by atoms with Crippen molar-refractivity contribution < 1.29 is 33.6 Å². The second-order valence-electron chi connectivity index (χ2n) is 10.3. The van der Waals surface area contributed by atoms with E-state index in [9.17, 15) is 19.3 Å². The molecular formula is C29H38NO7P. The zero-order valence-electron chi connectivity index (χ0n) is 22.6. The number of allylic oxidation sites excluding steroid dienone is 9. The van der Waals surface area contributed by atoms with E-state index in [-0.39, 0.29) is 17.6 Å². The van der Waals surface area contributed by atoms with Gasteiger partial charge in [-0.05, 0) is 74.3 Å². The third-order valence-corrected chi connectivity index (χ3v) is 6.78. The van der Waals surface area contributed by atoms with Crippen molar-refractivity contribution >= 4 is 19.7 Å². The molecule has 4 N–H and O–H groups in total. The van der Waals surface area contributed by atoms with Crippen LogP contribution in [0.5, 0.6) is 5.75 Å². The number of phosphoric acid groups is 1. The fraction of sp³-hybridized carbons (Fsp3) is 0.379. The molecule has 1 atom stereocenters. The Morgan fingerprint density at radius 3 is 2.37 bits per heavy atom. The first-order valence-corrected chi connectivity index (χ1v) is 14.0. The summed E-state index contributed by atoms with van der Waals surface area (Å²) in [7, 11) is -4.68. The van der Waals surface area contributed by atoms with Crippen molar-refractivity contribution in [3.63, 3.8) is 0 Å². The molecule has 1 aromatic rings. The predicted octanol–water partition coefficient (Wildman–Crippen LogP) is 5.80. The second-order valence-corrected chi connectivity index (χ2v) is 11.4. The van der Waals surface area contributed by atoms with Gasteiger partial charge in [-0.1, -0.05) is 67.5 Å². The number of nitrogens with one attached hydrogen (secondary N) is 1. The molecule has 1 aliphatic rings. The van der Waals surface area contributed by atoms with Crippen LogP contribution >= 0.6 is 7.82 Å². The smallest absolute Gasteiger partial charge is 0.480 e. The molecule has 0 bridgehead atoms. The van der Waals surface area contributed by atoms with Crippen LogP contribution in [0.15, 0.2) is 83.0 Å². The van der Waals surface area contributed by atoms with Crippen LogP contribution in [0.4, 0.5) is 0 Å². The molecule has 0 saturated heterocycles. The highest BCUT2D eigenvalue weighted by Crippen LogP contribution is 2.41. The van der Waals surface area contributed by atoms with Crippen LogP contribution in [0.25, 0.3) is 0 Å². The minimum absolute atomic E-state index is 0.0129. The number of phosphoric ester groups is 1. The summed E-state index contributed by atoms with van der Waals surface area (Å²) < 4.78 is 15.4. The van der Waals surface area contributed by atoms with Gasteiger partial charge in [0.15, 0.2) is 0 Å². The van der Waals surface area contributed by atoms with Gasteiger partial charge < -0.3 is 14.9 Å². The molecule has 0 aromatic heterocycles. The largest absolute Gasteiger partial charge is 0.524 e. The van der Waals surface area contributed by atoms with Crippen molar-refractivity contribution in [2.24, 2.45) is 5.41 Å². The summed E-state index contributed by atoms with van der Waals surface area (Å²) in [4.78, 5) is 41.8. The Bertz CT molecular complexity index is 1210. The maximum Gasteiger partial charge on any atom is 0.524 e. The van der Waals surface area contributed by atoms with Crippen molar-refractivity contribution in [2.45, 2.75) is 66.3 Å². The Kier molecular flexibility index (Phi) is 11.1. The molecule has 2 rings (SSSR count). The van der Waals surface area contributed by atoms with Gasteiger partial charge in [-0.15, -0.1) is 0 Å². The third-order valence-electron chi connectivity index (χ3n) is 6.33. The van der Waals surface area contributed by atoms with Gasteiger partial charge in [0.05, 0.1) is 0 Å². The molecule has 9 heteroatoms. The number of rotatable bonds is 11. The Morgan fingerprint density at radius 1 is 1.13 bits per heavy atom. The summed E-state index contributed by atoms with van der Waals surface area (Å²) in [5.41, 5.74) is 5.29. The number of hydrogen-bond donors (Lipinski definition) is 4. The number of carboxylic acid groups (broad SMARTS) is 1. The number of carboxylic acids is 1. The molecule has 206 valence electrons. The molecule has 0 aliphatic heterocycles. The lowest BCUT2D eigenvalue weighted by Crippen LogP contribution is -2.41. The van der Waals surface area contributed by atoms with E-state index in [1.807, 2.05) is 19.1 Å². The second kappa shape index (κ2) is 13.6. The van der Waals surface area contributed by atoms with E-state index in [1.54, 1.807) is 13.0 Å². The number of aliphatic carboxylic acids is 1. The molecule has 1 aromatic carbocycles. The van der Waals surface area contributed by atoms with E-state index >= 15 is 0 Å². The summed E-state index contributed by atoms with van der Waals surface area (Å²) in [5, 5.41) is 12.0. The normalized spacial score (nSPS) is 17.7. The fourth-order valence-corrected chi connectivity index (χ4v) is 4.76. The molecule has 1 unspecified atom stereocenters. The molecule has 0 spiro atoms. The Labute approximate surface area is 224 Å². The van der Waals surface area contributed by atoms with E-state index < -0.39 is 25.7 Å². The minimum Gasteiger partial charge on any atom is -0.480 e. The first-order chi connectivity index (χ1) is 17.7. The van der Waals surface area contributed by atoms with E-state index in [2.05, 4.69) is 42.8 Å². The highest BCUT2D eigenvalue weighted by atomic mass is 31.2. The lowest BCUT2D eigenvalue weighted by Gasteiger charge is -2.32. The SMILES string of the molecule is CC1=C(/C=C/C(C)=C/C=C/C(C)=C\C(=O)NC(Cc2ccc(OP(=O)(O)O)cc2)C(=O)O)C(C)(C)CCC1. The first-order valence-electron chi connectivity index (χ1n) is 12.5. The maximum atomic E-state index is 12.4. The van der Waals surface area contributed by atoms with Gasteiger partial charge in [-0.25, -0.2) is 9.36 Å². The van der Waals surface area contributed by atoms with Crippen LogP contribution in [-0.2, 0) is 20.6 Å². The fourth-order valence-electron chi connectivity index (χ4n) is 4.36. The van der Waals surface area contributed by atoms with E-state index in [0.717, 1.165) is 12.0 Å². The molecular weight excluding hydrogens is 505 g/mol. The highest BCUT2D eigenvalue weighted by Gasteiger charge is 2.26. The Balaban J connectivity index is 1.97. The van der Waals surface area contributed by atoms with Gasteiger partial charge in [-0.2, -0.15) is 0 Å². The van der Waals surface area contributed by atoms with Gasteiger partial charge in [-0.3, -0.25) is 14.6 Å². The lowest BCUT2D eigenvalue weighted by molar-refractivity contribution is -0.141. The van der Waals surface area contributed by atoms with Crippen molar-refractivity contribution in [1.82, 2.24) is 5.32 Å². The van der Waals surface area contributed by atoms with Crippen LogP contribution < -0.4 is 9.84 Å². The van der Waals surface area contributed by atoms with Crippen LogP contribution in [0.3, 0.4) is 0 Å². The molecule has 0 saturated carbocycles. The third kappa shape index (κ3) is 10.7. The van der Waals surface area contributed by atoms with E-state index in [4.69, 9.17) is 9.79 Å². The monoisotopic (exact) mass is 543 g/mol. The lowest BCUT2D eigenvalue weighted by atomic mass is 9.72. The summed E-state index contributed by atoms with van der Waals surface area (Å²) in [6.07, 6.45) is 14.8. The minimum atomic E-state index is -4.68. The highest BCUT2D eigenvalue weighted by molar-refractivity contribution is 7.46. The maximum absolute atomic E-state index is 12.4. The summed E-state index contributed by atoms with van der Waals surface area (Å²) in [6, 6.07) is 4.42. The number of amides is 1. The molecule has 8 nitrogen and oxygen atoms in total. The summed E-state index contributed by atoms with van der Waals surface area (Å²) >= 11 is 0. The van der Waals surface area contributed by atoms with Crippen LogP contribution in [0.2, 0.25) is 0 Å². The molecule has 1 aliphatic carbocycles. The summed E-state index contributed by atoms with van der Waals surface area (Å²) in [6.45, 7) is 10.5. The van der Waals surface area contributed by atoms with Gasteiger partial charge in [0.25, 0.3) is 0 Å². The van der Waals surface area contributed by atoms with Gasteiger partial charge in [0.1, 0.15) is 11.8 Å². The van der Waals surface area contributed by atoms with E-state index in [1.165, 1.54) is 54.3 Å². The van der Waals surface area contributed by atoms with Crippen molar-refractivity contribution in [2.75, 3.05) is 0 Å². The van der Waals surface area contributed by atoms with Crippen LogP contribution in [0.1, 0.15) is 59.4 Å². The Hall–Kier alpha value is -3.19. The zero-order valence-corrected chi connectivity index (χ0v) is 23.5. The zero-order chi connectivity index (χ0) is 28.5. The van der Waals surface area contributed by atoms with Crippen molar-refractivity contribution in [3.05, 3.63) is 88.6 Å². The standard InChI is InChI=1S/C29H38NO7P/c1-20(11-16-25-22(3)10-7-17-29(25,4)5)8-6-9-21(2)18-27(31)30-26(28(32)33)19-23-12-14-24(15-13-23)37-38(34,35)36/h6,8-9,11-16,18,26H,7,10,17,19H2,1-5H3,(H,30,31)(H,32,33)(H2,34,35,36)/b9-6+,16-11+,20-8+,21-18-. The molecule has 1 amide bonds. The number of carbonyl (C=O) groups excluding carboxylic acids is 1. The number of benzene rings is 1. The molecule has 0 heterocycles. The Morgan fingerprint density at radius 2 is 1.79 bits per heavy atom. The van der Waals surface area contributed by atoms with Gasteiger partial charge >= 0.3 is 13.8 Å². The molecule has 0 radical (unpaired) electrons. The van der Waals surface area contributed by atoms with Gasteiger partial charge in [0.2, 0.25) is 5.91 Å². The van der Waals surface area contributed by atoms with Crippen molar-refractivity contribution in [1.29, 1.82) is 0 Å². The number of hydrogen-bond acceptors (Lipinski definition) is 4. The van der Waals surface area contributed by atoms with Crippen LogP contribution in [-0.4, -0.2) is 32.8 Å². The predicted molar refractivity (Wildman–Crippen MR) is 149 cm³/mol. The quantitative estimate of drug-likeness (QED) is 0.157. The first kappa shape index (κ1) is 31.0.